The van der Waals surface area contributed by atoms with Crippen LogP contribution in [0.4, 0.5) is 14.9 Å². The van der Waals surface area contributed by atoms with Gasteiger partial charge in [0.2, 0.25) is 0 Å². The first kappa shape index (κ1) is 32.4. The lowest BCUT2D eigenvalue weighted by molar-refractivity contribution is 0.0332. The van der Waals surface area contributed by atoms with Gasteiger partial charge in [0.15, 0.2) is 0 Å². The average molecular weight is 661 g/mol. The van der Waals surface area contributed by atoms with Gasteiger partial charge in [0.1, 0.15) is 20.5 Å². The lowest BCUT2D eigenvalue weighted by Gasteiger charge is -2.30. The van der Waals surface area contributed by atoms with Gasteiger partial charge in [0, 0.05) is 32.4 Å². The van der Waals surface area contributed by atoms with Crippen molar-refractivity contribution in [3.8, 4) is 0 Å². The first-order chi connectivity index (χ1) is 20.9. The molecular formula is C30H37FN6O6S2. The Bertz CT molecular complexity index is 2020. The molecule has 5 rings (SSSR count). The predicted molar refractivity (Wildman–Crippen MR) is 170 cm³/mol. The Morgan fingerprint density at radius 1 is 1.13 bits per heavy atom. The van der Waals surface area contributed by atoms with Gasteiger partial charge in [-0.1, -0.05) is 6.07 Å². The van der Waals surface area contributed by atoms with Gasteiger partial charge < -0.3 is 9.64 Å². The molecule has 0 radical (unpaired) electrons. The smallest absolute Gasteiger partial charge is 0.424 e. The van der Waals surface area contributed by atoms with Crippen molar-refractivity contribution in [2.24, 2.45) is 7.05 Å². The molecule has 0 unspecified atom stereocenters. The molecule has 1 aliphatic rings. The summed E-state index contributed by atoms with van der Waals surface area (Å²) in [5, 5.41) is 4.09. The van der Waals surface area contributed by atoms with Crippen LogP contribution in [0.3, 0.4) is 0 Å². The summed E-state index contributed by atoms with van der Waals surface area (Å²) in [6.45, 7) is 8.81. The summed E-state index contributed by atoms with van der Waals surface area (Å²) >= 11 is 0.715. The first-order valence-corrected chi connectivity index (χ1v) is 16.7. The van der Waals surface area contributed by atoms with Crippen LogP contribution in [0, 0.1) is 5.82 Å². The van der Waals surface area contributed by atoms with E-state index in [-0.39, 0.29) is 27.5 Å². The number of hydrogen-bond donors (Lipinski definition) is 0. The fourth-order valence-corrected chi connectivity index (χ4v) is 8.22. The van der Waals surface area contributed by atoms with E-state index in [0.717, 1.165) is 8.87 Å². The van der Waals surface area contributed by atoms with Crippen molar-refractivity contribution in [2.45, 2.75) is 75.9 Å². The van der Waals surface area contributed by atoms with Crippen molar-refractivity contribution in [3.05, 3.63) is 74.4 Å². The van der Waals surface area contributed by atoms with Gasteiger partial charge in [-0.3, -0.25) is 18.6 Å². The molecule has 242 valence electrons. The van der Waals surface area contributed by atoms with E-state index in [0.29, 0.717) is 47.5 Å². The van der Waals surface area contributed by atoms with E-state index in [2.05, 4.69) is 5.10 Å². The zero-order chi connectivity index (χ0) is 33.1. The van der Waals surface area contributed by atoms with E-state index in [4.69, 9.17) is 4.74 Å². The summed E-state index contributed by atoms with van der Waals surface area (Å²) in [5.41, 5.74) is -1.91. The normalized spacial score (nSPS) is 14.5. The van der Waals surface area contributed by atoms with Crippen molar-refractivity contribution in [2.75, 3.05) is 18.5 Å². The molecule has 1 amide bonds. The maximum absolute atomic E-state index is 15.1. The van der Waals surface area contributed by atoms with Gasteiger partial charge in [-0.25, -0.2) is 14.0 Å². The van der Waals surface area contributed by atoms with Crippen LogP contribution in [0.2, 0.25) is 0 Å². The van der Waals surface area contributed by atoms with E-state index < -0.39 is 44.3 Å². The molecular weight excluding hydrogens is 623 g/mol. The van der Waals surface area contributed by atoms with Gasteiger partial charge in [0.05, 0.1) is 35.9 Å². The number of nitrogens with zero attached hydrogens (tertiary/aromatic N) is 6. The van der Waals surface area contributed by atoms with Crippen molar-refractivity contribution in [1.29, 1.82) is 0 Å². The zero-order valence-corrected chi connectivity index (χ0v) is 28.0. The molecule has 1 aromatic carbocycles. The number of sulfonamides is 1. The fourth-order valence-electron chi connectivity index (χ4n) is 5.02. The van der Waals surface area contributed by atoms with Crippen LogP contribution in [-0.2, 0) is 34.9 Å². The predicted octanol–water partition coefficient (Wildman–Crippen LogP) is 4.13. The van der Waals surface area contributed by atoms with Gasteiger partial charge >= 0.3 is 11.8 Å². The Balaban J connectivity index is 1.68. The number of halogens is 1. The van der Waals surface area contributed by atoms with Gasteiger partial charge in [-0.2, -0.15) is 17.8 Å². The highest BCUT2D eigenvalue weighted by atomic mass is 32.2. The number of ether oxygens (including phenoxy) is 1. The number of carbonyl (C=O) groups is 1. The minimum atomic E-state index is -4.51. The lowest BCUT2D eigenvalue weighted by atomic mass is 10.2. The number of aryl methyl sites for hydroxylation is 1. The standard InChI is InChI=1S/C30H37FN6O6S2/c1-8-33(6)23-10-9-19(13-22(23)31)17-36-26-21(25(38)35(27(36)39)18-20-15-32-34(7)16-20)14-24(44-26)45(41,42)37(30(5)11-12-30)28(40)43-29(2,3)4/h9-10,13-16H,8,11-12,17-18H2,1-7H3. The van der Waals surface area contributed by atoms with Crippen molar-refractivity contribution >= 4 is 43.4 Å². The second-order valence-electron chi connectivity index (χ2n) is 12.6. The Hall–Kier alpha value is -3.98. The molecule has 12 nitrogen and oxygen atoms in total. The highest BCUT2D eigenvalue weighted by Crippen LogP contribution is 2.46. The number of carbonyl (C=O) groups excluding carboxylic acids is 1. The third-order valence-corrected chi connectivity index (χ3v) is 11.3. The van der Waals surface area contributed by atoms with Crippen LogP contribution < -0.4 is 16.1 Å². The van der Waals surface area contributed by atoms with Gasteiger partial charge in [-0.15, -0.1) is 11.3 Å². The highest BCUT2D eigenvalue weighted by molar-refractivity contribution is 7.92. The van der Waals surface area contributed by atoms with Crippen molar-refractivity contribution in [1.82, 2.24) is 23.2 Å². The molecule has 0 bridgehead atoms. The molecule has 1 aliphatic carbocycles. The second-order valence-corrected chi connectivity index (χ2v) is 15.7. The van der Waals surface area contributed by atoms with Crippen LogP contribution >= 0.6 is 11.3 Å². The number of anilines is 1. The lowest BCUT2D eigenvalue weighted by Crippen LogP contribution is -2.47. The number of rotatable bonds is 9. The third-order valence-electron chi connectivity index (χ3n) is 7.73. The molecule has 3 aromatic heterocycles. The summed E-state index contributed by atoms with van der Waals surface area (Å²) in [6.07, 6.45) is 3.08. The van der Waals surface area contributed by atoms with Crippen LogP contribution in [0.5, 0.6) is 0 Å². The van der Waals surface area contributed by atoms with E-state index in [1.165, 1.54) is 27.6 Å². The highest BCUT2D eigenvalue weighted by Gasteiger charge is 2.54. The van der Waals surface area contributed by atoms with E-state index in [9.17, 15) is 22.8 Å². The number of benzene rings is 1. The fraction of sp³-hybridized carbons (Fsp3) is 0.467. The van der Waals surface area contributed by atoms with Crippen molar-refractivity contribution < 1.29 is 22.3 Å². The maximum atomic E-state index is 15.1. The molecule has 3 heterocycles. The molecule has 0 atom stereocenters. The monoisotopic (exact) mass is 660 g/mol. The molecule has 0 N–H and O–H groups in total. The molecule has 0 spiro atoms. The summed E-state index contributed by atoms with van der Waals surface area (Å²) in [7, 11) is -1.04. The number of fused-ring (bicyclic) bond motifs is 1. The average Bonchev–Trinajstić information content (AvgIpc) is 3.30. The quantitative estimate of drug-likeness (QED) is 0.262. The molecule has 4 aromatic rings. The molecule has 0 aliphatic heterocycles. The van der Waals surface area contributed by atoms with Gasteiger partial charge in [0.25, 0.3) is 15.6 Å². The largest absolute Gasteiger partial charge is 0.443 e. The summed E-state index contributed by atoms with van der Waals surface area (Å²) < 4.78 is 53.0. The molecule has 1 fully saturated rings. The Morgan fingerprint density at radius 3 is 2.36 bits per heavy atom. The minimum Gasteiger partial charge on any atom is -0.443 e. The van der Waals surface area contributed by atoms with Crippen LogP contribution in [-0.4, -0.2) is 62.5 Å². The second kappa shape index (κ2) is 11.4. The van der Waals surface area contributed by atoms with Crippen molar-refractivity contribution in [3.63, 3.8) is 0 Å². The molecule has 15 heteroatoms. The van der Waals surface area contributed by atoms with Crippen LogP contribution in [0.15, 0.2) is 50.5 Å². The molecule has 0 saturated heterocycles. The summed E-state index contributed by atoms with van der Waals surface area (Å²) in [5.74, 6) is -0.482. The Labute approximate surface area is 264 Å². The Kier molecular flexibility index (Phi) is 8.23. The third kappa shape index (κ3) is 6.27. The Morgan fingerprint density at radius 2 is 1.80 bits per heavy atom. The van der Waals surface area contributed by atoms with Crippen LogP contribution in [0.25, 0.3) is 10.2 Å². The number of amides is 1. The molecule has 1 saturated carbocycles. The summed E-state index contributed by atoms with van der Waals surface area (Å²) in [4.78, 5) is 42.8. The maximum Gasteiger partial charge on any atom is 0.424 e. The zero-order valence-electron chi connectivity index (χ0n) is 26.3. The van der Waals surface area contributed by atoms with Gasteiger partial charge in [-0.05, 0) is 71.2 Å². The number of hydrogen-bond acceptors (Lipinski definition) is 9. The molecule has 45 heavy (non-hydrogen) atoms. The SMILES string of the molecule is CCN(C)c1ccc(Cn2c(=O)n(Cc3cnn(C)c3)c(=O)c3cc(S(=O)(=O)N(C(=O)OC(C)(C)C)C4(C)CC4)sc32)cc1F. The van der Waals surface area contributed by atoms with E-state index in [1.807, 2.05) is 6.92 Å². The van der Waals surface area contributed by atoms with E-state index in [1.54, 1.807) is 65.0 Å². The van der Waals surface area contributed by atoms with E-state index >= 15 is 4.39 Å². The van der Waals surface area contributed by atoms with Crippen LogP contribution in [0.1, 0.15) is 58.6 Å². The number of thiophene rings is 1. The number of aromatic nitrogens is 4. The minimum absolute atomic E-state index is 0.0186. The topological polar surface area (TPSA) is 129 Å². The summed E-state index contributed by atoms with van der Waals surface area (Å²) in [6, 6.07) is 5.82. The first-order valence-electron chi connectivity index (χ1n) is 14.5.